The molecule has 0 aromatic rings. The molecular formula is C7H10N2O. The molecule has 3 heteroatoms. The van der Waals surface area contributed by atoms with E-state index in [-0.39, 0.29) is 0 Å². The Labute approximate surface area is 59.8 Å². The van der Waals surface area contributed by atoms with Crippen LogP contribution >= 0.6 is 0 Å². The molecule has 1 aliphatic rings. The van der Waals surface area contributed by atoms with Gasteiger partial charge in [0.05, 0.1) is 5.70 Å². The normalized spacial score (nSPS) is 18.8. The lowest BCUT2D eigenvalue weighted by Gasteiger charge is -1.91. The Kier molecular flexibility index (Phi) is 1.85. The predicted molar refractivity (Wildman–Crippen MR) is 40.7 cm³/mol. The van der Waals surface area contributed by atoms with Gasteiger partial charge in [-0.25, -0.2) is 0 Å². The van der Waals surface area contributed by atoms with Gasteiger partial charge in [-0.1, -0.05) is 11.2 Å². The first-order valence-corrected chi connectivity index (χ1v) is 3.17. The van der Waals surface area contributed by atoms with Gasteiger partial charge in [-0.2, -0.15) is 0 Å². The molecular weight excluding hydrogens is 128 g/mol. The minimum Gasteiger partial charge on any atom is -0.411 e. The molecule has 0 aromatic heterocycles. The van der Waals surface area contributed by atoms with E-state index in [0.717, 1.165) is 17.8 Å². The van der Waals surface area contributed by atoms with Crippen LogP contribution < -0.4 is 0 Å². The molecule has 0 unspecified atom stereocenters. The van der Waals surface area contributed by atoms with Crippen molar-refractivity contribution in [2.24, 2.45) is 10.1 Å². The largest absolute Gasteiger partial charge is 0.411 e. The van der Waals surface area contributed by atoms with Gasteiger partial charge in [0.15, 0.2) is 0 Å². The third-order valence-corrected chi connectivity index (χ3v) is 1.42. The van der Waals surface area contributed by atoms with Crippen LogP contribution in [0, 0.1) is 0 Å². The zero-order valence-corrected chi connectivity index (χ0v) is 6.13. The second kappa shape index (κ2) is 2.64. The van der Waals surface area contributed by atoms with Crippen molar-refractivity contribution in [3.63, 3.8) is 0 Å². The summed E-state index contributed by atoms with van der Waals surface area (Å²) in [5.74, 6) is 0. The summed E-state index contributed by atoms with van der Waals surface area (Å²) < 4.78 is 0. The average molecular weight is 138 g/mol. The maximum atomic E-state index is 8.36. The molecule has 54 valence electrons. The highest BCUT2D eigenvalue weighted by Gasteiger charge is 2.06. The van der Waals surface area contributed by atoms with E-state index in [2.05, 4.69) is 10.1 Å². The van der Waals surface area contributed by atoms with Gasteiger partial charge in [-0.15, -0.1) is 0 Å². The lowest BCUT2D eigenvalue weighted by molar-refractivity contribution is 0.319. The number of hydrogen-bond donors (Lipinski definition) is 1. The molecule has 0 fully saturated rings. The highest BCUT2D eigenvalue weighted by atomic mass is 16.4. The summed E-state index contributed by atoms with van der Waals surface area (Å²) >= 11 is 0. The van der Waals surface area contributed by atoms with Crippen LogP contribution in [0.4, 0.5) is 0 Å². The molecule has 0 bridgehead atoms. The fourth-order valence-electron chi connectivity index (χ4n) is 0.821. The predicted octanol–water partition coefficient (Wildman–Crippen LogP) is 1.58. The number of rotatable bonds is 1. The quantitative estimate of drug-likeness (QED) is 0.334. The van der Waals surface area contributed by atoms with E-state index in [4.69, 9.17) is 5.21 Å². The van der Waals surface area contributed by atoms with Crippen molar-refractivity contribution in [3.8, 4) is 0 Å². The molecule has 3 nitrogen and oxygen atoms in total. The van der Waals surface area contributed by atoms with Crippen LogP contribution in [-0.2, 0) is 0 Å². The molecule has 0 saturated carbocycles. The molecule has 1 heterocycles. The van der Waals surface area contributed by atoms with Crippen molar-refractivity contribution in [1.29, 1.82) is 0 Å². The fraction of sp³-hybridized carbons (Fsp3) is 0.429. The van der Waals surface area contributed by atoms with Gasteiger partial charge in [0.1, 0.15) is 5.71 Å². The summed E-state index contributed by atoms with van der Waals surface area (Å²) in [6.45, 7) is 3.68. The molecule has 0 amide bonds. The van der Waals surface area contributed by atoms with E-state index in [1.54, 1.807) is 6.92 Å². The van der Waals surface area contributed by atoms with Gasteiger partial charge in [-0.3, -0.25) is 4.99 Å². The second-order valence-corrected chi connectivity index (χ2v) is 2.33. The number of allylic oxidation sites excluding steroid dienone is 2. The third kappa shape index (κ3) is 1.23. The zero-order valence-electron chi connectivity index (χ0n) is 6.13. The summed E-state index contributed by atoms with van der Waals surface area (Å²) in [5.41, 5.74) is 2.44. The Morgan fingerprint density at radius 2 is 2.50 bits per heavy atom. The lowest BCUT2D eigenvalue weighted by atomic mass is 10.3. The van der Waals surface area contributed by atoms with Crippen LogP contribution in [0.1, 0.15) is 20.3 Å². The van der Waals surface area contributed by atoms with Gasteiger partial charge < -0.3 is 5.21 Å². The summed E-state index contributed by atoms with van der Waals surface area (Å²) in [6, 6.07) is 0. The van der Waals surface area contributed by atoms with Crippen molar-refractivity contribution >= 4 is 11.4 Å². The summed E-state index contributed by atoms with van der Waals surface area (Å²) in [4.78, 5) is 4.15. The zero-order chi connectivity index (χ0) is 7.56. The first-order valence-electron chi connectivity index (χ1n) is 3.17. The lowest BCUT2D eigenvalue weighted by Crippen LogP contribution is -1.91. The van der Waals surface area contributed by atoms with Gasteiger partial charge in [0, 0.05) is 12.1 Å². The van der Waals surface area contributed by atoms with E-state index in [0.29, 0.717) is 5.71 Å². The summed E-state index contributed by atoms with van der Waals surface area (Å²) in [5, 5.41) is 11.4. The maximum absolute atomic E-state index is 8.36. The Morgan fingerprint density at radius 3 is 2.90 bits per heavy atom. The SMILES string of the molecule is CC1=NC(C(C)=NO)=CC1. The van der Waals surface area contributed by atoms with E-state index in [1.807, 2.05) is 13.0 Å². The topological polar surface area (TPSA) is 45.0 Å². The molecule has 0 radical (unpaired) electrons. The smallest absolute Gasteiger partial charge is 0.102 e. The average Bonchev–Trinajstić information content (AvgIpc) is 2.34. The molecule has 1 rings (SSSR count). The molecule has 0 spiro atoms. The molecule has 1 N–H and O–H groups in total. The maximum Gasteiger partial charge on any atom is 0.102 e. The number of aliphatic imine (C=N–C) groups is 1. The number of nitrogens with zero attached hydrogens (tertiary/aromatic N) is 2. The van der Waals surface area contributed by atoms with Crippen LogP contribution in [0.2, 0.25) is 0 Å². The standard InChI is InChI=1S/C7H10N2O/c1-5-3-4-7(8-5)6(2)9-10/h4,10H,3H2,1-2H3. The van der Waals surface area contributed by atoms with Crippen LogP contribution in [-0.4, -0.2) is 16.6 Å². The van der Waals surface area contributed by atoms with E-state index in [9.17, 15) is 0 Å². The van der Waals surface area contributed by atoms with Crippen molar-refractivity contribution in [2.45, 2.75) is 20.3 Å². The van der Waals surface area contributed by atoms with Crippen LogP contribution in [0.3, 0.4) is 0 Å². The Bertz CT molecular complexity index is 226. The van der Waals surface area contributed by atoms with Crippen molar-refractivity contribution in [1.82, 2.24) is 0 Å². The molecule has 0 aliphatic carbocycles. The van der Waals surface area contributed by atoms with Crippen molar-refractivity contribution in [2.75, 3.05) is 0 Å². The van der Waals surface area contributed by atoms with E-state index >= 15 is 0 Å². The van der Waals surface area contributed by atoms with E-state index < -0.39 is 0 Å². The third-order valence-electron chi connectivity index (χ3n) is 1.42. The summed E-state index contributed by atoms with van der Waals surface area (Å²) in [7, 11) is 0. The highest BCUT2D eigenvalue weighted by Crippen LogP contribution is 2.11. The summed E-state index contributed by atoms with van der Waals surface area (Å²) in [6.07, 6.45) is 2.83. The number of hydrogen-bond acceptors (Lipinski definition) is 3. The van der Waals surface area contributed by atoms with Gasteiger partial charge in [-0.05, 0) is 13.8 Å². The molecule has 0 saturated heterocycles. The first-order chi connectivity index (χ1) is 4.74. The molecule has 0 aromatic carbocycles. The second-order valence-electron chi connectivity index (χ2n) is 2.33. The number of oxime groups is 1. The van der Waals surface area contributed by atoms with Crippen molar-refractivity contribution < 1.29 is 5.21 Å². The van der Waals surface area contributed by atoms with Crippen LogP contribution in [0.25, 0.3) is 0 Å². The van der Waals surface area contributed by atoms with Gasteiger partial charge in [0.25, 0.3) is 0 Å². The fourth-order valence-corrected chi connectivity index (χ4v) is 0.821. The van der Waals surface area contributed by atoms with Crippen LogP contribution in [0.5, 0.6) is 0 Å². The Hall–Kier alpha value is -1.12. The highest BCUT2D eigenvalue weighted by molar-refractivity contribution is 6.03. The molecule has 1 aliphatic heterocycles. The monoisotopic (exact) mass is 138 g/mol. The Balaban J connectivity index is 2.77. The van der Waals surface area contributed by atoms with E-state index in [1.165, 1.54) is 0 Å². The first kappa shape index (κ1) is 6.99. The Morgan fingerprint density at radius 1 is 1.80 bits per heavy atom. The molecule has 10 heavy (non-hydrogen) atoms. The minimum atomic E-state index is 0.580. The van der Waals surface area contributed by atoms with Gasteiger partial charge in [0.2, 0.25) is 0 Å². The van der Waals surface area contributed by atoms with Crippen molar-refractivity contribution in [3.05, 3.63) is 11.8 Å². The van der Waals surface area contributed by atoms with Crippen LogP contribution in [0.15, 0.2) is 21.9 Å². The molecule has 0 atom stereocenters. The van der Waals surface area contributed by atoms with Gasteiger partial charge >= 0.3 is 0 Å². The minimum absolute atomic E-state index is 0.580.